The van der Waals surface area contributed by atoms with Crippen molar-refractivity contribution in [1.29, 1.82) is 0 Å². The highest BCUT2D eigenvalue weighted by atomic mass is 16.4. The molecule has 1 rings (SSSR count). The normalized spacial score (nSPS) is 18.8. The van der Waals surface area contributed by atoms with Crippen LogP contribution in [0.4, 0.5) is 4.79 Å². The largest absolute Gasteiger partial charge is 0.480 e. The predicted molar refractivity (Wildman–Crippen MR) is 64.8 cm³/mol. The molecular formula is C12H22N2O3. The van der Waals surface area contributed by atoms with E-state index < -0.39 is 17.4 Å². The summed E-state index contributed by atoms with van der Waals surface area (Å²) in [5.41, 5.74) is -0.501. The van der Waals surface area contributed by atoms with Crippen molar-refractivity contribution >= 4 is 12.0 Å². The molecule has 17 heavy (non-hydrogen) atoms. The number of carbonyl (C=O) groups is 2. The molecule has 0 heterocycles. The van der Waals surface area contributed by atoms with Gasteiger partial charge >= 0.3 is 12.0 Å². The van der Waals surface area contributed by atoms with E-state index in [4.69, 9.17) is 5.11 Å². The van der Waals surface area contributed by atoms with E-state index in [2.05, 4.69) is 10.6 Å². The van der Waals surface area contributed by atoms with E-state index in [1.807, 2.05) is 0 Å². The number of hydrogen-bond acceptors (Lipinski definition) is 2. The second kappa shape index (κ2) is 5.38. The Hall–Kier alpha value is -1.26. The van der Waals surface area contributed by atoms with Crippen LogP contribution in [0.15, 0.2) is 0 Å². The van der Waals surface area contributed by atoms with E-state index >= 15 is 0 Å². The van der Waals surface area contributed by atoms with E-state index in [1.54, 1.807) is 20.8 Å². The van der Waals surface area contributed by atoms with Gasteiger partial charge < -0.3 is 15.7 Å². The fourth-order valence-corrected chi connectivity index (χ4v) is 2.08. The first-order valence-electron chi connectivity index (χ1n) is 6.10. The fraction of sp³-hybridized carbons (Fsp3) is 0.833. The molecule has 0 spiro atoms. The van der Waals surface area contributed by atoms with E-state index in [1.165, 1.54) is 0 Å². The quantitative estimate of drug-likeness (QED) is 0.705. The number of carboxylic acids is 1. The number of amides is 2. The van der Waals surface area contributed by atoms with Gasteiger partial charge in [0.15, 0.2) is 0 Å². The number of carbonyl (C=O) groups excluding carboxylic acids is 1. The molecule has 0 radical (unpaired) electrons. The van der Waals surface area contributed by atoms with Crippen molar-refractivity contribution in [3.63, 3.8) is 0 Å². The zero-order chi connectivity index (χ0) is 13.1. The van der Waals surface area contributed by atoms with Gasteiger partial charge in [-0.1, -0.05) is 33.6 Å². The maximum Gasteiger partial charge on any atom is 0.326 e. The van der Waals surface area contributed by atoms with Crippen molar-refractivity contribution in [3.05, 3.63) is 0 Å². The Morgan fingerprint density at radius 1 is 1.24 bits per heavy atom. The van der Waals surface area contributed by atoms with Crippen LogP contribution >= 0.6 is 0 Å². The molecule has 0 aromatic carbocycles. The first-order chi connectivity index (χ1) is 7.80. The van der Waals surface area contributed by atoms with Crippen LogP contribution in [0.5, 0.6) is 0 Å². The highest BCUT2D eigenvalue weighted by Gasteiger charge is 2.33. The lowest BCUT2D eigenvalue weighted by Crippen LogP contribution is -2.53. The highest BCUT2D eigenvalue weighted by Crippen LogP contribution is 2.20. The van der Waals surface area contributed by atoms with Crippen LogP contribution in [-0.2, 0) is 4.79 Å². The highest BCUT2D eigenvalue weighted by molar-refractivity contribution is 5.83. The van der Waals surface area contributed by atoms with Crippen LogP contribution in [0.2, 0.25) is 0 Å². The molecule has 3 N–H and O–H groups in total. The van der Waals surface area contributed by atoms with Gasteiger partial charge in [-0.05, 0) is 18.3 Å². The van der Waals surface area contributed by atoms with Gasteiger partial charge in [-0.15, -0.1) is 0 Å². The molecule has 1 saturated carbocycles. The second-order valence-corrected chi connectivity index (χ2v) is 5.74. The molecule has 0 aromatic heterocycles. The lowest BCUT2D eigenvalue weighted by Gasteiger charge is -2.28. The lowest BCUT2D eigenvalue weighted by molar-refractivity contribution is -0.141. The monoisotopic (exact) mass is 242 g/mol. The Kier molecular flexibility index (Phi) is 4.37. The fourth-order valence-electron chi connectivity index (χ4n) is 2.08. The number of rotatable bonds is 3. The third-order valence-electron chi connectivity index (χ3n) is 3.08. The Morgan fingerprint density at radius 2 is 1.76 bits per heavy atom. The molecule has 1 aliphatic carbocycles. The van der Waals surface area contributed by atoms with Gasteiger partial charge in [0.05, 0.1) is 0 Å². The minimum atomic E-state index is -1.00. The molecule has 1 fully saturated rings. The van der Waals surface area contributed by atoms with Crippen LogP contribution in [0.25, 0.3) is 0 Å². The minimum Gasteiger partial charge on any atom is -0.480 e. The second-order valence-electron chi connectivity index (χ2n) is 5.74. The Morgan fingerprint density at radius 3 is 2.18 bits per heavy atom. The summed E-state index contributed by atoms with van der Waals surface area (Å²) in [4.78, 5) is 22.8. The van der Waals surface area contributed by atoms with E-state index in [0.717, 1.165) is 25.7 Å². The minimum absolute atomic E-state index is 0.199. The summed E-state index contributed by atoms with van der Waals surface area (Å²) in [6.07, 6.45) is 4.24. The topological polar surface area (TPSA) is 78.4 Å². The van der Waals surface area contributed by atoms with Gasteiger partial charge in [0.1, 0.15) is 6.04 Å². The van der Waals surface area contributed by atoms with Crippen molar-refractivity contribution in [2.75, 3.05) is 0 Å². The summed E-state index contributed by atoms with van der Waals surface area (Å²) in [6, 6.07) is -1.05. The van der Waals surface area contributed by atoms with Gasteiger partial charge in [0.2, 0.25) is 0 Å². The molecule has 0 aromatic rings. The zero-order valence-electron chi connectivity index (χ0n) is 10.7. The van der Waals surface area contributed by atoms with Gasteiger partial charge in [-0.2, -0.15) is 0 Å². The van der Waals surface area contributed by atoms with Crippen LogP contribution in [0.1, 0.15) is 46.5 Å². The smallest absolute Gasteiger partial charge is 0.326 e. The first-order valence-corrected chi connectivity index (χ1v) is 6.10. The summed E-state index contributed by atoms with van der Waals surface area (Å²) >= 11 is 0. The average Bonchev–Trinajstić information content (AvgIpc) is 2.64. The van der Waals surface area contributed by atoms with Crippen molar-refractivity contribution in [3.8, 4) is 0 Å². The maximum atomic E-state index is 11.7. The lowest BCUT2D eigenvalue weighted by atomic mass is 9.87. The van der Waals surface area contributed by atoms with Crippen LogP contribution in [-0.4, -0.2) is 29.2 Å². The molecule has 0 unspecified atom stereocenters. The summed E-state index contributed by atoms with van der Waals surface area (Å²) in [5, 5.41) is 14.4. The molecule has 0 bridgehead atoms. The molecule has 2 amide bonds. The van der Waals surface area contributed by atoms with Crippen molar-refractivity contribution < 1.29 is 14.7 Å². The Bertz CT molecular complexity index is 291. The molecule has 0 saturated heterocycles. The van der Waals surface area contributed by atoms with Crippen molar-refractivity contribution in [2.45, 2.75) is 58.5 Å². The molecular weight excluding hydrogens is 220 g/mol. The molecule has 98 valence electrons. The summed E-state index contributed by atoms with van der Waals surface area (Å²) < 4.78 is 0. The molecule has 1 aliphatic rings. The van der Waals surface area contributed by atoms with Crippen molar-refractivity contribution in [2.24, 2.45) is 5.41 Å². The molecule has 1 atom stereocenters. The summed E-state index contributed by atoms with van der Waals surface area (Å²) in [5.74, 6) is -1.00. The number of aliphatic carboxylic acids is 1. The van der Waals surface area contributed by atoms with Gasteiger partial charge in [0.25, 0.3) is 0 Å². The average molecular weight is 242 g/mol. The Balaban J connectivity index is 2.49. The third-order valence-corrected chi connectivity index (χ3v) is 3.08. The zero-order valence-corrected chi connectivity index (χ0v) is 10.7. The molecule has 5 heteroatoms. The maximum absolute atomic E-state index is 11.7. The number of carboxylic acid groups (broad SMARTS) is 1. The van der Waals surface area contributed by atoms with E-state index in [0.29, 0.717) is 0 Å². The van der Waals surface area contributed by atoms with Crippen LogP contribution in [0, 0.1) is 5.41 Å². The van der Waals surface area contributed by atoms with E-state index in [9.17, 15) is 9.59 Å². The third kappa shape index (κ3) is 4.24. The van der Waals surface area contributed by atoms with Crippen molar-refractivity contribution in [1.82, 2.24) is 10.6 Å². The van der Waals surface area contributed by atoms with E-state index in [-0.39, 0.29) is 12.1 Å². The number of urea groups is 1. The summed E-state index contributed by atoms with van der Waals surface area (Å²) in [6.45, 7) is 5.38. The number of nitrogens with one attached hydrogen (secondary N) is 2. The van der Waals surface area contributed by atoms with Gasteiger partial charge in [-0.25, -0.2) is 9.59 Å². The van der Waals surface area contributed by atoms with Gasteiger partial charge in [-0.3, -0.25) is 0 Å². The first kappa shape index (κ1) is 13.8. The van der Waals surface area contributed by atoms with Gasteiger partial charge in [0, 0.05) is 6.04 Å². The predicted octanol–water partition coefficient (Wildman–Crippen LogP) is 1.73. The SMILES string of the molecule is CC(C)(C)[C@H](NC(=O)NC1CCCC1)C(=O)O. The Labute approximate surface area is 102 Å². The standard InChI is InChI=1S/C12H22N2O3/c1-12(2,3)9(10(15)16)14-11(17)13-8-6-4-5-7-8/h8-9H,4-7H2,1-3H3,(H,15,16)(H2,13,14,17)/t9-/m1/s1. The summed E-state index contributed by atoms with van der Waals surface area (Å²) in [7, 11) is 0. The number of hydrogen-bond donors (Lipinski definition) is 3. The molecule has 5 nitrogen and oxygen atoms in total. The van der Waals surface area contributed by atoms with Crippen LogP contribution < -0.4 is 10.6 Å². The molecule has 0 aliphatic heterocycles. The van der Waals surface area contributed by atoms with Crippen LogP contribution in [0.3, 0.4) is 0 Å².